The number of benzene rings is 9. The van der Waals surface area contributed by atoms with Gasteiger partial charge in [-0.05, 0) is 105 Å². The molecule has 0 bridgehead atoms. The van der Waals surface area contributed by atoms with E-state index in [9.17, 15) is 0 Å². The van der Waals surface area contributed by atoms with Crippen molar-refractivity contribution in [3.63, 3.8) is 0 Å². The van der Waals surface area contributed by atoms with Crippen LogP contribution < -0.4 is 4.90 Å². The molecule has 0 aliphatic rings. The van der Waals surface area contributed by atoms with E-state index >= 15 is 0 Å². The molecular formula is C51H32N2O2. The topological polar surface area (TPSA) is 42.4 Å². The van der Waals surface area contributed by atoms with E-state index in [2.05, 4.69) is 144 Å². The van der Waals surface area contributed by atoms with Crippen molar-refractivity contribution in [1.29, 1.82) is 0 Å². The van der Waals surface area contributed by atoms with E-state index in [0.29, 0.717) is 5.89 Å². The second kappa shape index (κ2) is 12.6. The molecule has 2 aromatic heterocycles. The zero-order chi connectivity index (χ0) is 36.3. The largest absolute Gasteiger partial charge is 0.456 e. The third-order valence-electron chi connectivity index (χ3n) is 10.7. The number of aromatic nitrogens is 1. The summed E-state index contributed by atoms with van der Waals surface area (Å²) in [6.07, 6.45) is 0. The van der Waals surface area contributed by atoms with Crippen molar-refractivity contribution in [3.05, 3.63) is 194 Å². The zero-order valence-electron chi connectivity index (χ0n) is 29.7. The predicted molar refractivity (Wildman–Crippen MR) is 227 cm³/mol. The Hall–Kier alpha value is -7.43. The molecule has 0 N–H and O–H groups in total. The van der Waals surface area contributed by atoms with Gasteiger partial charge in [-0.25, -0.2) is 4.98 Å². The van der Waals surface area contributed by atoms with Crippen LogP contribution in [0, 0.1) is 0 Å². The van der Waals surface area contributed by atoms with Gasteiger partial charge in [0.15, 0.2) is 5.58 Å². The van der Waals surface area contributed by atoms with Crippen molar-refractivity contribution < 1.29 is 8.83 Å². The van der Waals surface area contributed by atoms with Crippen LogP contribution in [0.15, 0.2) is 203 Å². The Morgan fingerprint density at radius 2 is 1.04 bits per heavy atom. The molecule has 0 radical (unpaired) electrons. The number of hydrogen-bond acceptors (Lipinski definition) is 4. The second-order valence-corrected chi connectivity index (χ2v) is 14.0. The number of oxazole rings is 1. The molecule has 2 heterocycles. The zero-order valence-corrected chi connectivity index (χ0v) is 29.7. The molecule has 258 valence electrons. The molecule has 11 aromatic rings. The van der Waals surface area contributed by atoms with Gasteiger partial charge >= 0.3 is 0 Å². The molecule has 0 aliphatic carbocycles. The number of para-hydroxylation sites is 2. The fourth-order valence-electron chi connectivity index (χ4n) is 7.98. The van der Waals surface area contributed by atoms with Gasteiger partial charge < -0.3 is 13.7 Å². The molecule has 0 saturated heterocycles. The van der Waals surface area contributed by atoms with Gasteiger partial charge in [-0.1, -0.05) is 121 Å². The number of anilines is 3. The SMILES string of the molecule is c1ccc(-c2nc3cccc(-c4cccc(N(c5ccc(-c6ccc7ccc8ccccc8c7c6)cc5)c5ccc6c(c5)oc5ccccc56)c4)c3o2)cc1. The van der Waals surface area contributed by atoms with E-state index in [1.54, 1.807) is 0 Å². The van der Waals surface area contributed by atoms with Gasteiger partial charge in [-0.3, -0.25) is 0 Å². The lowest BCUT2D eigenvalue weighted by Gasteiger charge is -2.26. The Balaban J connectivity index is 1.04. The Bertz CT molecular complexity index is 3210. The first-order chi connectivity index (χ1) is 27.2. The smallest absolute Gasteiger partial charge is 0.227 e. The van der Waals surface area contributed by atoms with Gasteiger partial charge in [0.2, 0.25) is 5.89 Å². The predicted octanol–water partition coefficient (Wildman–Crippen LogP) is 14.5. The Labute approximate surface area is 317 Å². The normalized spacial score (nSPS) is 11.6. The van der Waals surface area contributed by atoms with Crippen molar-refractivity contribution in [1.82, 2.24) is 4.98 Å². The second-order valence-electron chi connectivity index (χ2n) is 14.0. The third-order valence-corrected chi connectivity index (χ3v) is 10.7. The van der Waals surface area contributed by atoms with Crippen LogP contribution in [0.3, 0.4) is 0 Å². The summed E-state index contributed by atoms with van der Waals surface area (Å²) in [5.74, 6) is 0.611. The molecule has 0 amide bonds. The minimum atomic E-state index is 0.611. The summed E-state index contributed by atoms with van der Waals surface area (Å²) < 4.78 is 12.8. The number of nitrogens with zero attached hydrogens (tertiary/aromatic N) is 2. The van der Waals surface area contributed by atoms with E-state index in [1.807, 2.05) is 54.6 Å². The third kappa shape index (κ3) is 5.34. The highest BCUT2D eigenvalue weighted by Crippen LogP contribution is 2.42. The summed E-state index contributed by atoms with van der Waals surface area (Å²) in [5.41, 5.74) is 11.7. The fourth-order valence-corrected chi connectivity index (χ4v) is 7.98. The number of fused-ring (bicyclic) bond motifs is 7. The van der Waals surface area contributed by atoms with Gasteiger partial charge in [0.05, 0.1) is 0 Å². The summed E-state index contributed by atoms with van der Waals surface area (Å²) >= 11 is 0. The Morgan fingerprint density at radius 3 is 1.93 bits per heavy atom. The quantitative estimate of drug-likeness (QED) is 0.162. The standard InChI is InChI=1S/C51H32N2O2/c1-2-11-36(12-3-1)51-52-47-18-9-17-43(50(47)55-51)38-13-8-14-40(30-38)53(41-28-29-45-44-16-6-7-19-48(44)54-49(45)32-41)39-26-24-33(25-27-39)37-23-22-35-21-20-34-10-4-5-15-42(34)46(35)31-37/h1-32H. The Morgan fingerprint density at radius 1 is 0.364 bits per heavy atom. The van der Waals surface area contributed by atoms with Crippen molar-refractivity contribution >= 4 is 71.6 Å². The van der Waals surface area contributed by atoms with Gasteiger partial charge in [0.25, 0.3) is 0 Å². The first kappa shape index (κ1) is 31.1. The molecule has 0 fully saturated rings. The van der Waals surface area contributed by atoms with Crippen LogP contribution in [0.25, 0.3) is 88.3 Å². The molecular weight excluding hydrogens is 673 g/mol. The van der Waals surface area contributed by atoms with Crippen LogP contribution in [0.5, 0.6) is 0 Å². The number of furan rings is 1. The molecule has 0 spiro atoms. The minimum Gasteiger partial charge on any atom is -0.456 e. The molecule has 9 aromatic carbocycles. The number of hydrogen-bond donors (Lipinski definition) is 0. The van der Waals surface area contributed by atoms with Crippen LogP contribution in [-0.4, -0.2) is 4.98 Å². The highest BCUT2D eigenvalue weighted by molar-refractivity contribution is 6.09. The van der Waals surface area contributed by atoms with Gasteiger partial charge in [0.1, 0.15) is 16.7 Å². The number of rotatable bonds is 6. The van der Waals surface area contributed by atoms with E-state index in [-0.39, 0.29) is 0 Å². The molecule has 11 rings (SSSR count). The van der Waals surface area contributed by atoms with Crippen molar-refractivity contribution in [2.45, 2.75) is 0 Å². The highest BCUT2D eigenvalue weighted by atomic mass is 16.3. The molecule has 55 heavy (non-hydrogen) atoms. The molecule has 0 atom stereocenters. The van der Waals surface area contributed by atoms with E-state index in [0.717, 1.165) is 72.4 Å². The van der Waals surface area contributed by atoms with Crippen LogP contribution in [-0.2, 0) is 0 Å². The van der Waals surface area contributed by atoms with E-state index in [1.165, 1.54) is 27.1 Å². The van der Waals surface area contributed by atoms with Crippen molar-refractivity contribution in [3.8, 4) is 33.7 Å². The first-order valence-electron chi connectivity index (χ1n) is 18.5. The average Bonchev–Trinajstić information content (AvgIpc) is 3.86. The Kier molecular flexibility index (Phi) is 7.14. The van der Waals surface area contributed by atoms with Crippen molar-refractivity contribution in [2.24, 2.45) is 0 Å². The minimum absolute atomic E-state index is 0.611. The summed E-state index contributed by atoms with van der Waals surface area (Å²) in [4.78, 5) is 7.14. The maximum Gasteiger partial charge on any atom is 0.227 e. The highest BCUT2D eigenvalue weighted by Gasteiger charge is 2.18. The average molecular weight is 705 g/mol. The first-order valence-corrected chi connectivity index (χ1v) is 18.5. The van der Waals surface area contributed by atoms with Crippen LogP contribution in [0.2, 0.25) is 0 Å². The lowest BCUT2D eigenvalue weighted by Crippen LogP contribution is -2.10. The van der Waals surface area contributed by atoms with E-state index in [4.69, 9.17) is 13.8 Å². The van der Waals surface area contributed by atoms with Gasteiger partial charge in [-0.2, -0.15) is 0 Å². The van der Waals surface area contributed by atoms with Gasteiger partial charge in [-0.15, -0.1) is 0 Å². The van der Waals surface area contributed by atoms with Crippen molar-refractivity contribution in [2.75, 3.05) is 4.90 Å². The monoisotopic (exact) mass is 704 g/mol. The maximum absolute atomic E-state index is 6.45. The lowest BCUT2D eigenvalue weighted by molar-refractivity contribution is 0.621. The maximum atomic E-state index is 6.45. The molecule has 0 saturated carbocycles. The van der Waals surface area contributed by atoms with Crippen LogP contribution in [0.1, 0.15) is 0 Å². The summed E-state index contributed by atoms with van der Waals surface area (Å²) in [6, 6.07) is 68.2. The van der Waals surface area contributed by atoms with Crippen LogP contribution in [0.4, 0.5) is 17.1 Å². The van der Waals surface area contributed by atoms with Gasteiger partial charge in [0, 0.05) is 45.0 Å². The molecule has 0 aliphatic heterocycles. The lowest BCUT2D eigenvalue weighted by atomic mass is 9.97. The van der Waals surface area contributed by atoms with E-state index < -0.39 is 0 Å². The molecule has 0 unspecified atom stereocenters. The summed E-state index contributed by atoms with van der Waals surface area (Å²) in [5, 5.41) is 7.22. The molecule has 4 nitrogen and oxygen atoms in total. The van der Waals surface area contributed by atoms with Crippen LogP contribution >= 0.6 is 0 Å². The summed E-state index contributed by atoms with van der Waals surface area (Å²) in [7, 11) is 0. The molecule has 4 heteroatoms. The fraction of sp³-hybridized carbons (Fsp3) is 0. The summed E-state index contributed by atoms with van der Waals surface area (Å²) in [6.45, 7) is 0.